The molecule has 1 aliphatic heterocycles. The molecule has 1 aliphatic rings. The summed E-state index contributed by atoms with van der Waals surface area (Å²) < 4.78 is 0. The maximum Gasteiger partial charge on any atom is 0.0502 e. The summed E-state index contributed by atoms with van der Waals surface area (Å²) in [6.07, 6.45) is 5.99. The zero-order chi connectivity index (χ0) is 11.4. The average Bonchev–Trinajstić information content (AvgIpc) is 2.34. The second-order valence-electron chi connectivity index (χ2n) is 4.71. The monoisotopic (exact) mass is 220 g/mol. The van der Waals surface area contributed by atoms with E-state index in [4.69, 9.17) is 0 Å². The van der Waals surface area contributed by atoms with Crippen LogP contribution < -0.4 is 0 Å². The highest BCUT2D eigenvalue weighted by atomic mass is 16.3. The van der Waals surface area contributed by atoms with Crippen LogP contribution in [0.1, 0.15) is 24.3 Å². The summed E-state index contributed by atoms with van der Waals surface area (Å²) in [6, 6.07) is 4.05. The smallest absolute Gasteiger partial charge is 0.0502 e. The van der Waals surface area contributed by atoms with Crippen molar-refractivity contribution in [1.29, 1.82) is 0 Å². The molecule has 0 radical (unpaired) electrons. The molecular formula is C13H20N2O. The number of pyridine rings is 1. The van der Waals surface area contributed by atoms with Gasteiger partial charge in [-0.25, -0.2) is 0 Å². The maximum absolute atomic E-state index is 9.56. The van der Waals surface area contributed by atoms with Crippen LogP contribution in [0.3, 0.4) is 0 Å². The fourth-order valence-electron chi connectivity index (χ4n) is 2.57. The van der Waals surface area contributed by atoms with E-state index in [2.05, 4.69) is 16.9 Å². The molecular weight excluding hydrogens is 200 g/mol. The van der Waals surface area contributed by atoms with Crippen molar-refractivity contribution in [3.05, 3.63) is 30.1 Å². The van der Waals surface area contributed by atoms with Gasteiger partial charge in [0.2, 0.25) is 0 Å². The molecule has 3 heteroatoms. The Morgan fingerprint density at radius 2 is 2.00 bits per heavy atom. The van der Waals surface area contributed by atoms with Crippen LogP contribution in [0.5, 0.6) is 0 Å². The number of hydrogen-bond acceptors (Lipinski definition) is 3. The molecule has 1 atom stereocenters. The highest BCUT2D eigenvalue weighted by Crippen LogP contribution is 2.31. The third-order valence-electron chi connectivity index (χ3n) is 3.66. The molecule has 2 rings (SSSR count). The molecule has 1 aromatic rings. The predicted octanol–water partition coefficient (Wildman–Crippen LogP) is 1.50. The van der Waals surface area contributed by atoms with E-state index in [1.165, 1.54) is 18.4 Å². The van der Waals surface area contributed by atoms with Gasteiger partial charge in [0, 0.05) is 18.3 Å². The van der Waals surface area contributed by atoms with Crippen molar-refractivity contribution >= 4 is 0 Å². The van der Waals surface area contributed by atoms with Crippen molar-refractivity contribution in [2.24, 2.45) is 5.92 Å². The van der Waals surface area contributed by atoms with Crippen LogP contribution in [0.4, 0.5) is 0 Å². The number of aromatic nitrogens is 1. The lowest BCUT2D eigenvalue weighted by molar-refractivity contribution is 0.156. The number of nitrogens with zero attached hydrogens (tertiary/aromatic N) is 2. The van der Waals surface area contributed by atoms with Crippen LogP contribution in [-0.4, -0.2) is 41.7 Å². The minimum Gasteiger partial charge on any atom is -0.396 e. The van der Waals surface area contributed by atoms with E-state index in [0.717, 1.165) is 13.1 Å². The fourth-order valence-corrected chi connectivity index (χ4v) is 2.57. The van der Waals surface area contributed by atoms with Crippen molar-refractivity contribution in [3.63, 3.8) is 0 Å². The third-order valence-corrected chi connectivity index (χ3v) is 3.66. The first-order valence-electron chi connectivity index (χ1n) is 6.00. The van der Waals surface area contributed by atoms with Gasteiger partial charge in [0.05, 0.1) is 6.61 Å². The Morgan fingerprint density at radius 1 is 1.38 bits per heavy atom. The molecule has 3 nitrogen and oxygen atoms in total. The second kappa shape index (κ2) is 5.41. The zero-order valence-corrected chi connectivity index (χ0v) is 9.84. The highest BCUT2D eigenvalue weighted by molar-refractivity contribution is 5.17. The predicted molar refractivity (Wildman–Crippen MR) is 64.3 cm³/mol. The molecule has 0 amide bonds. The van der Waals surface area contributed by atoms with E-state index >= 15 is 0 Å². The zero-order valence-electron chi connectivity index (χ0n) is 9.84. The van der Waals surface area contributed by atoms with Crippen LogP contribution in [0, 0.1) is 5.92 Å². The largest absolute Gasteiger partial charge is 0.396 e. The van der Waals surface area contributed by atoms with Gasteiger partial charge in [0.15, 0.2) is 0 Å². The van der Waals surface area contributed by atoms with E-state index in [1.54, 1.807) is 0 Å². The van der Waals surface area contributed by atoms with E-state index in [1.807, 2.05) is 24.5 Å². The Morgan fingerprint density at radius 3 is 2.56 bits per heavy atom. The van der Waals surface area contributed by atoms with E-state index in [-0.39, 0.29) is 12.5 Å². The van der Waals surface area contributed by atoms with Gasteiger partial charge in [0.1, 0.15) is 0 Å². The Labute approximate surface area is 97.1 Å². The molecule has 1 fully saturated rings. The average molecular weight is 220 g/mol. The number of rotatable bonds is 3. The van der Waals surface area contributed by atoms with Crippen LogP contribution in [0.2, 0.25) is 0 Å². The fraction of sp³-hybridized carbons (Fsp3) is 0.615. The Balaban J connectivity index is 2.05. The molecule has 0 aromatic carbocycles. The Hall–Kier alpha value is -0.930. The summed E-state index contributed by atoms with van der Waals surface area (Å²) in [7, 11) is 2.16. The molecule has 0 saturated carbocycles. The van der Waals surface area contributed by atoms with E-state index in [9.17, 15) is 5.11 Å². The SMILES string of the molecule is CN1CCC(C(CO)c2ccncc2)CC1. The first-order chi connectivity index (χ1) is 7.81. The number of hydrogen-bond donors (Lipinski definition) is 1. The molecule has 1 aromatic heterocycles. The summed E-state index contributed by atoms with van der Waals surface area (Å²) in [4.78, 5) is 6.39. The molecule has 16 heavy (non-hydrogen) atoms. The lowest BCUT2D eigenvalue weighted by Crippen LogP contribution is -2.33. The van der Waals surface area contributed by atoms with Crippen LogP contribution in [-0.2, 0) is 0 Å². The first-order valence-corrected chi connectivity index (χ1v) is 6.00. The molecule has 1 unspecified atom stereocenters. The number of aliphatic hydroxyl groups excluding tert-OH is 1. The topological polar surface area (TPSA) is 36.4 Å². The van der Waals surface area contributed by atoms with Crippen molar-refractivity contribution in [2.75, 3.05) is 26.7 Å². The molecule has 1 saturated heterocycles. The lowest BCUT2D eigenvalue weighted by atomic mass is 9.81. The van der Waals surface area contributed by atoms with E-state index in [0.29, 0.717) is 5.92 Å². The van der Waals surface area contributed by atoms with Gasteiger partial charge in [0.25, 0.3) is 0 Å². The van der Waals surface area contributed by atoms with Gasteiger partial charge in [-0.15, -0.1) is 0 Å². The molecule has 88 valence electrons. The van der Waals surface area contributed by atoms with Gasteiger partial charge in [-0.05, 0) is 56.6 Å². The molecule has 2 heterocycles. The first kappa shape index (κ1) is 11.6. The minimum absolute atomic E-state index is 0.248. The standard InChI is InChI=1S/C13H20N2O/c1-15-8-4-12(5-9-15)13(10-16)11-2-6-14-7-3-11/h2-3,6-7,12-13,16H,4-5,8-10H2,1H3. The van der Waals surface area contributed by atoms with Gasteiger partial charge in [-0.2, -0.15) is 0 Å². The molecule has 1 N–H and O–H groups in total. The van der Waals surface area contributed by atoms with Gasteiger partial charge in [-0.3, -0.25) is 4.98 Å². The number of piperidine rings is 1. The third kappa shape index (κ3) is 2.60. The molecule has 0 spiro atoms. The van der Waals surface area contributed by atoms with Gasteiger partial charge in [-0.1, -0.05) is 0 Å². The molecule has 0 bridgehead atoms. The maximum atomic E-state index is 9.56. The van der Waals surface area contributed by atoms with Gasteiger partial charge >= 0.3 is 0 Å². The lowest BCUT2D eigenvalue weighted by Gasteiger charge is -2.33. The minimum atomic E-state index is 0.248. The van der Waals surface area contributed by atoms with Crippen molar-refractivity contribution < 1.29 is 5.11 Å². The van der Waals surface area contributed by atoms with Crippen molar-refractivity contribution in [1.82, 2.24) is 9.88 Å². The Kier molecular flexibility index (Phi) is 3.91. The van der Waals surface area contributed by atoms with E-state index < -0.39 is 0 Å². The van der Waals surface area contributed by atoms with Crippen LogP contribution in [0.15, 0.2) is 24.5 Å². The summed E-state index contributed by atoms with van der Waals surface area (Å²) in [5.74, 6) is 0.903. The van der Waals surface area contributed by atoms with Crippen LogP contribution >= 0.6 is 0 Å². The van der Waals surface area contributed by atoms with Crippen molar-refractivity contribution in [3.8, 4) is 0 Å². The van der Waals surface area contributed by atoms with Crippen LogP contribution in [0.25, 0.3) is 0 Å². The summed E-state index contributed by atoms with van der Waals surface area (Å²) in [5, 5.41) is 9.56. The highest BCUT2D eigenvalue weighted by Gasteiger charge is 2.25. The number of aliphatic hydroxyl groups is 1. The normalized spacial score (nSPS) is 20.9. The van der Waals surface area contributed by atoms with Crippen molar-refractivity contribution in [2.45, 2.75) is 18.8 Å². The quantitative estimate of drug-likeness (QED) is 0.838. The summed E-state index contributed by atoms with van der Waals surface area (Å²) in [6.45, 7) is 2.54. The molecule has 0 aliphatic carbocycles. The summed E-state index contributed by atoms with van der Waals surface area (Å²) in [5.41, 5.74) is 1.23. The Bertz CT molecular complexity index is 307. The second-order valence-corrected chi connectivity index (χ2v) is 4.71. The number of likely N-dealkylation sites (tertiary alicyclic amines) is 1. The van der Waals surface area contributed by atoms with Gasteiger partial charge < -0.3 is 10.0 Å². The summed E-state index contributed by atoms with van der Waals surface area (Å²) >= 11 is 0.